The topological polar surface area (TPSA) is 70.5 Å². The molecular formula is C4H8N2O2. The molecule has 4 nitrogen and oxygen atoms in total. The molecular weight excluding hydrogens is 108 g/mol. The molecule has 0 fully saturated rings. The Bertz CT molecular complexity index is 70.0. The highest BCUT2D eigenvalue weighted by atomic mass is 16.5. The van der Waals surface area contributed by atoms with Gasteiger partial charge in [-0.05, 0) is 0 Å². The van der Waals surface area contributed by atoms with Crippen molar-refractivity contribution in [3.63, 3.8) is 0 Å². The average molecular weight is 116 g/mol. The van der Waals surface area contributed by atoms with E-state index in [1.807, 2.05) is 0 Å². The highest BCUT2D eigenvalue weighted by Gasteiger charge is 1.74. The Morgan fingerprint density at radius 2 is 1.00 bits per heavy atom. The van der Waals surface area contributed by atoms with Crippen LogP contribution in [0, 0.1) is 0 Å². The molecule has 1 rings (SSSR count). The van der Waals surface area contributed by atoms with Gasteiger partial charge in [-0.25, -0.2) is 0 Å². The van der Waals surface area contributed by atoms with Crippen LogP contribution in [0.4, 0.5) is 0 Å². The number of nitrogens with two attached hydrogens (primary N) is 2. The molecule has 0 aromatic heterocycles. The highest BCUT2D eigenvalue weighted by Crippen LogP contribution is 1.89. The molecule has 4 N–H and O–H groups in total. The van der Waals surface area contributed by atoms with Crippen molar-refractivity contribution in [3.8, 4) is 0 Å². The third kappa shape index (κ3) is 3.20. The largest absolute Gasteiger partial charge is 0.466 e. The summed E-state index contributed by atoms with van der Waals surface area (Å²) < 4.78 is 9.17. The van der Waals surface area contributed by atoms with Crippen LogP contribution in [0.2, 0.25) is 0 Å². The Balaban J connectivity index is 0.000000222. The van der Waals surface area contributed by atoms with Gasteiger partial charge in [-0.1, -0.05) is 0 Å². The molecule has 0 atom stereocenters. The van der Waals surface area contributed by atoms with Gasteiger partial charge in [0.15, 0.2) is 0 Å². The molecule has 0 aliphatic carbocycles. The molecule has 1 aliphatic heterocycles. The lowest BCUT2D eigenvalue weighted by Gasteiger charge is -1.94. The molecule has 0 unspecified atom stereocenters. The third-order valence-electron chi connectivity index (χ3n) is 0.425. The molecule has 0 aromatic carbocycles. The fraction of sp³-hybridized carbons (Fsp3) is 0. The van der Waals surface area contributed by atoms with Crippen LogP contribution in [-0.4, -0.2) is 0 Å². The lowest BCUT2D eigenvalue weighted by Crippen LogP contribution is -2.02. The first-order valence-electron chi connectivity index (χ1n) is 1.94. The Morgan fingerprint density at radius 3 is 1.12 bits per heavy atom. The van der Waals surface area contributed by atoms with E-state index in [-0.39, 0.29) is 0 Å². The van der Waals surface area contributed by atoms with Gasteiger partial charge in [0.1, 0.15) is 25.0 Å². The van der Waals surface area contributed by atoms with Gasteiger partial charge in [0.05, 0.1) is 0 Å². The fourth-order valence-electron chi connectivity index (χ4n) is 0.219. The van der Waals surface area contributed by atoms with Crippen molar-refractivity contribution in [2.24, 2.45) is 11.7 Å². The van der Waals surface area contributed by atoms with E-state index in [2.05, 4.69) is 21.2 Å². The summed E-state index contributed by atoms with van der Waals surface area (Å²) in [7, 11) is 0. The first-order valence-corrected chi connectivity index (χ1v) is 1.94. The van der Waals surface area contributed by atoms with Crippen molar-refractivity contribution in [3.05, 3.63) is 25.0 Å². The summed E-state index contributed by atoms with van der Waals surface area (Å²) in [5, 5.41) is 0. The molecule has 0 radical (unpaired) electrons. The Hall–Kier alpha value is -1.00. The lowest BCUT2D eigenvalue weighted by atomic mass is 10.9. The maximum atomic E-state index is 4.58. The first-order chi connectivity index (χ1) is 4.00. The third-order valence-corrected chi connectivity index (χ3v) is 0.425. The highest BCUT2D eigenvalue weighted by molar-refractivity contribution is 4.77. The summed E-state index contributed by atoms with van der Waals surface area (Å²) in [5.74, 6) is 8.00. The van der Waals surface area contributed by atoms with Gasteiger partial charge in [0.25, 0.3) is 0 Å². The maximum Gasteiger partial charge on any atom is 0.125 e. The van der Waals surface area contributed by atoms with Crippen LogP contribution in [0.15, 0.2) is 25.0 Å². The van der Waals surface area contributed by atoms with Crippen molar-refractivity contribution in [2.75, 3.05) is 0 Å². The summed E-state index contributed by atoms with van der Waals surface area (Å²) in [6, 6.07) is 0. The normalized spacial score (nSPS) is 12.8. The molecule has 0 amide bonds. The van der Waals surface area contributed by atoms with Gasteiger partial charge in [0.2, 0.25) is 0 Å². The maximum absolute atomic E-state index is 4.58. The van der Waals surface area contributed by atoms with E-state index in [9.17, 15) is 0 Å². The van der Waals surface area contributed by atoms with E-state index < -0.39 is 0 Å². The number of hydrogen-bond donors (Lipinski definition) is 2. The summed E-state index contributed by atoms with van der Waals surface area (Å²) in [5.41, 5.74) is 0. The summed E-state index contributed by atoms with van der Waals surface area (Å²) in [6.45, 7) is 0. The van der Waals surface area contributed by atoms with E-state index >= 15 is 0 Å². The summed E-state index contributed by atoms with van der Waals surface area (Å²) >= 11 is 0. The lowest BCUT2D eigenvalue weighted by molar-refractivity contribution is 0.290. The zero-order chi connectivity index (χ0) is 6.24. The van der Waals surface area contributed by atoms with E-state index in [0.29, 0.717) is 0 Å². The van der Waals surface area contributed by atoms with Crippen molar-refractivity contribution in [2.45, 2.75) is 0 Å². The van der Waals surface area contributed by atoms with Crippen molar-refractivity contribution in [1.29, 1.82) is 0 Å². The number of hydrazine groups is 1. The van der Waals surface area contributed by atoms with Crippen LogP contribution in [0.1, 0.15) is 0 Å². The predicted octanol–water partition coefficient (Wildman–Crippen LogP) is -0.206. The Labute approximate surface area is 47.3 Å². The van der Waals surface area contributed by atoms with Crippen molar-refractivity contribution < 1.29 is 9.47 Å². The van der Waals surface area contributed by atoms with Crippen LogP contribution in [0.5, 0.6) is 0 Å². The standard InChI is InChI=1S/C4H4O2.H4N2/c1-2-6-4-3-5-1;1-2/h1-4H;1-2H2. The summed E-state index contributed by atoms with van der Waals surface area (Å²) in [6.07, 6.45) is 5.83. The second-order valence-corrected chi connectivity index (χ2v) is 0.816. The van der Waals surface area contributed by atoms with Gasteiger partial charge < -0.3 is 9.47 Å². The van der Waals surface area contributed by atoms with Crippen molar-refractivity contribution in [1.82, 2.24) is 0 Å². The molecule has 1 aliphatic rings. The molecule has 0 aromatic rings. The SMILES string of the molecule is C1=COC=CO1.NN. The number of hydrogen-bond acceptors (Lipinski definition) is 4. The van der Waals surface area contributed by atoms with E-state index in [4.69, 9.17) is 0 Å². The summed E-state index contributed by atoms with van der Waals surface area (Å²) in [4.78, 5) is 0. The number of rotatable bonds is 0. The van der Waals surface area contributed by atoms with Crippen LogP contribution in [-0.2, 0) is 9.47 Å². The molecule has 0 saturated heterocycles. The van der Waals surface area contributed by atoms with Gasteiger partial charge in [-0.2, -0.15) is 0 Å². The fourth-order valence-corrected chi connectivity index (χ4v) is 0.219. The predicted molar refractivity (Wildman–Crippen MR) is 28.8 cm³/mol. The molecule has 0 spiro atoms. The van der Waals surface area contributed by atoms with Crippen LogP contribution < -0.4 is 11.7 Å². The molecule has 0 saturated carbocycles. The molecule has 8 heavy (non-hydrogen) atoms. The molecule has 46 valence electrons. The second kappa shape index (κ2) is 6.00. The van der Waals surface area contributed by atoms with Crippen molar-refractivity contribution >= 4 is 0 Å². The zero-order valence-corrected chi connectivity index (χ0v) is 4.28. The van der Waals surface area contributed by atoms with Crippen LogP contribution in [0.3, 0.4) is 0 Å². The van der Waals surface area contributed by atoms with Gasteiger partial charge in [-0.15, -0.1) is 0 Å². The number of ether oxygens (including phenoxy) is 2. The van der Waals surface area contributed by atoms with E-state index in [1.54, 1.807) is 0 Å². The smallest absolute Gasteiger partial charge is 0.125 e. The van der Waals surface area contributed by atoms with Crippen LogP contribution >= 0.6 is 0 Å². The van der Waals surface area contributed by atoms with Gasteiger partial charge in [0, 0.05) is 0 Å². The monoisotopic (exact) mass is 116 g/mol. The minimum atomic E-state index is 1.46. The minimum Gasteiger partial charge on any atom is -0.466 e. The Kier molecular flexibility index (Phi) is 5.25. The van der Waals surface area contributed by atoms with Gasteiger partial charge in [-0.3, -0.25) is 11.7 Å². The zero-order valence-electron chi connectivity index (χ0n) is 4.28. The average Bonchev–Trinajstić information content (AvgIpc) is 1.96. The minimum absolute atomic E-state index is 1.46. The van der Waals surface area contributed by atoms with Crippen LogP contribution in [0.25, 0.3) is 0 Å². The van der Waals surface area contributed by atoms with E-state index in [1.165, 1.54) is 25.0 Å². The second-order valence-electron chi connectivity index (χ2n) is 0.816. The van der Waals surface area contributed by atoms with E-state index in [0.717, 1.165) is 0 Å². The first kappa shape index (κ1) is 7.00. The molecule has 4 heteroatoms. The molecule has 0 bridgehead atoms. The van der Waals surface area contributed by atoms with Gasteiger partial charge >= 0.3 is 0 Å². The molecule has 1 heterocycles. The quantitative estimate of drug-likeness (QED) is 0.339. The Morgan fingerprint density at radius 1 is 0.750 bits per heavy atom.